The van der Waals surface area contributed by atoms with E-state index in [9.17, 15) is 24.4 Å². The molecule has 2 heterocycles. The van der Waals surface area contributed by atoms with Gasteiger partial charge in [-0.25, -0.2) is 14.7 Å². The van der Waals surface area contributed by atoms with Crippen LogP contribution in [0.5, 0.6) is 0 Å². The Bertz CT molecular complexity index is 649. The second kappa shape index (κ2) is 9.29. The van der Waals surface area contributed by atoms with Crippen molar-refractivity contribution < 1.29 is 29.1 Å². The molecule has 0 bridgehead atoms. The number of likely N-dealkylation sites (N-methyl/N-ethyl adjacent to an activating group) is 1. The highest BCUT2D eigenvalue weighted by molar-refractivity contribution is 5.90. The van der Waals surface area contributed by atoms with E-state index in [0.29, 0.717) is 24.4 Å². The largest absolute Gasteiger partial charge is 0.444 e. The maximum atomic E-state index is 12.5. The Labute approximate surface area is 170 Å². The zero-order valence-corrected chi connectivity index (χ0v) is 17.4. The van der Waals surface area contributed by atoms with E-state index in [4.69, 9.17) is 4.74 Å². The molecule has 29 heavy (non-hydrogen) atoms. The molecule has 0 radical (unpaired) electrons. The van der Waals surface area contributed by atoms with Crippen LogP contribution < -0.4 is 10.9 Å². The smallest absolute Gasteiger partial charge is 0.410 e. The first-order valence-electron chi connectivity index (χ1n) is 9.88. The van der Waals surface area contributed by atoms with E-state index < -0.39 is 41.5 Å². The number of carbonyl (C=O) groups excluding carboxylic acids is 4. The molecule has 11 heteroatoms. The van der Waals surface area contributed by atoms with Gasteiger partial charge in [0.2, 0.25) is 5.91 Å². The number of ether oxygens (including phenoxy) is 1. The van der Waals surface area contributed by atoms with Crippen LogP contribution in [0.4, 0.5) is 9.59 Å². The summed E-state index contributed by atoms with van der Waals surface area (Å²) in [5, 5.41) is 10.1. The Hall–Kier alpha value is -2.56. The SMILES string of the molecule is CCN1C(=O)N(O)CCC1C(=O)NNC(=O)C1CCCN(C(=O)OC(C)(C)C)C1. The van der Waals surface area contributed by atoms with E-state index in [0.717, 1.165) is 0 Å². The number of nitrogens with one attached hydrogen (secondary N) is 2. The number of hydrogen-bond donors (Lipinski definition) is 3. The van der Waals surface area contributed by atoms with Crippen molar-refractivity contribution in [1.29, 1.82) is 0 Å². The minimum absolute atomic E-state index is 0.0365. The number of rotatable bonds is 3. The second-order valence-corrected chi connectivity index (χ2v) is 8.24. The number of nitrogens with zero attached hydrogens (tertiary/aromatic N) is 3. The highest BCUT2D eigenvalue weighted by Crippen LogP contribution is 2.19. The lowest BCUT2D eigenvalue weighted by Crippen LogP contribution is -2.60. The molecule has 0 aromatic rings. The van der Waals surface area contributed by atoms with Crippen molar-refractivity contribution >= 4 is 23.9 Å². The molecular weight excluding hydrogens is 382 g/mol. The predicted molar refractivity (Wildman–Crippen MR) is 101 cm³/mol. The standard InChI is InChI=1S/C18H31N5O6/c1-5-22-13(8-10-23(28)16(22)26)15(25)20-19-14(24)12-7-6-9-21(11-12)17(27)29-18(2,3)4/h12-13,28H,5-11H2,1-4H3,(H,19,24)(H,20,25). The van der Waals surface area contributed by atoms with Crippen LogP contribution in [0.25, 0.3) is 0 Å². The molecule has 0 saturated carbocycles. The van der Waals surface area contributed by atoms with Gasteiger partial charge in [-0.2, -0.15) is 0 Å². The molecule has 2 fully saturated rings. The van der Waals surface area contributed by atoms with Crippen molar-refractivity contribution in [2.75, 3.05) is 26.2 Å². The van der Waals surface area contributed by atoms with Gasteiger partial charge < -0.3 is 14.5 Å². The molecule has 11 nitrogen and oxygen atoms in total. The highest BCUT2D eigenvalue weighted by atomic mass is 16.6. The van der Waals surface area contributed by atoms with E-state index in [-0.39, 0.29) is 26.1 Å². The molecule has 2 rings (SSSR count). The summed E-state index contributed by atoms with van der Waals surface area (Å²) < 4.78 is 5.35. The molecule has 0 aromatic carbocycles. The number of hydrazine groups is 1. The molecule has 2 aliphatic heterocycles. The number of hydrogen-bond acceptors (Lipinski definition) is 6. The first-order chi connectivity index (χ1) is 13.5. The lowest BCUT2D eigenvalue weighted by Gasteiger charge is -2.37. The fourth-order valence-corrected chi connectivity index (χ4v) is 3.40. The van der Waals surface area contributed by atoms with Gasteiger partial charge in [0, 0.05) is 19.6 Å². The van der Waals surface area contributed by atoms with Crippen molar-refractivity contribution in [3.8, 4) is 0 Å². The number of amides is 5. The van der Waals surface area contributed by atoms with E-state index in [1.54, 1.807) is 27.7 Å². The Kier molecular flexibility index (Phi) is 7.28. The Balaban J connectivity index is 1.87. The van der Waals surface area contributed by atoms with Crippen LogP contribution in [0.3, 0.4) is 0 Å². The summed E-state index contributed by atoms with van der Waals surface area (Å²) in [7, 11) is 0. The molecule has 2 aliphatic rings. The summed E-state index contributed by atoms with van der Waals surface area (Å²) in [5.74, 6) is -1.40. The number of carbonyl (C=O) groups is 4. The normalized spacial score (nSPS) is 22.9. The summed E-state index contributed by atoms with van der Waals surface area (Å²) in [6, 6.07) is -1.42. The molecule has 164 valence electrons. The number of urea groups is 1. The molecule has 2 saturated heterocycles. The fourth-order valence-electron chi connectivity index (χ4n) is 3.40. The van der Waals surface area contributed by atoms with Gasteiger partial charge in [0.05, 0.1) is 12.5 Å². The Morgan fingerprint density at radius 1 is 1.14 bits per heavy atom. The van der Waals surface area contributed by atoms with E-state index in [1.165, 1.54) is 9.80 Å². The summed E-state index contributed by atoms with van der Waals surface area (Å²) in [6.07, 6.45) is 1.02. The minimum Gasteiger partial charge on any atom is -0.444 e. The quantitative estimate of drug-likeness (QED) is 0.461. The van der Waals surface area contributed by atoms with Gasteiger partial charge in [0.15, 0.2) is 0 Å². The lowest BCUT2D eigenvalue weighted by atomic mass is 9.98. The van der Waals surface area contributed by atoms with Gasteiger partial charge in [-0.05, 0) is 47.0 Å². The summed E-state index contributed by atoms with van der Waals surface area (Å²) >= 11 is 0. The van der Waals surface area contributed by atoms with Crippen molar-refractivity contribution in [1.82, 2.24) is 25.7 Å². The fraction of sp³-hybridized carbons (Fsp3) is 0.778. The third kappa shape index (κ3) is 5.96. The lowest BCUT2D eigenvalue weighted by molar-refractivity contribution is -0.137. The molecule has 2 atom stereocenters. The predicted octanol–water partition coefficient (Wildman–Crippen LogP) is 0.686. The molecular formula is C18H31N5O6. The first-order valence-corrected chi connectivity index (χ1v) is 9.88. The average molecular weight is 413 g/mol. The van der Waals surface area contributed by atoms with Crippen LogP contribution in [0.1, 0.15) is 47.0 Å². The van der Waals surface area contributed by atoms with Crippen LogP contribution in [0.2, 0.25) is 0 Å². The third-order valence-electron chi connectivity index (χ3n) is 4.85. The average Bonchev–Trinajstić information content (AvgIpc) is 2.66. The van der Waals surface area contributed by atoms with Gasteiger partial charge >= 0.3 is 12.1 Å². The summed E-state index contributed by atoms with van der Waals surface area (Å²) in [5.41, 5.74) is 4.14. The van der Waals surface area contributed by atoms with Crippen molar-refractivity contribution in [2.45, 2.75) is 58.6 Å². The van der Waals surface area contributed by atoms with E-state index in [2.05, 4.69) is 10.9 Å². The zero-order chi connectivity index (χ0) is 21.8. The van der Waals surface area contributed by atoms with Crippen LogP contribution in [0.15, 0.2) is 0 Å². The maximum Gasteiger partial charge on any atom is 0.410 e. The zero-order valence-electron chi connectivity index (χ0n) is 17.4. The van der Waals surface area contributed by atoms with Gasteiger partial charge in [-0.1, -0.05) is 0 Å². The third-order valence-corrected chi connectivity index (χ3v) is 4.85. The van der Waals surface area contributed by atoms with Gasteiger partial charge in [0.25, 0.3) is 5.91 Å². The van der Waals surface area contributed by atoms with E-state index >= 15 is 0 Å². The Morgan fingerprint density at radius 3 is 2.41 bits per heavy atom. The number of piperidine rings is 1. The number of hydroxylamine groups is 2. The van der Waals surface area contributed by atoms with Crippen molar-refractivity contribution in [3.05, 3.63) is 0 Å². The first kappa shape index (κ1) is 22.7. The maximum absolute atomic E-state index is 12.5. The number of likely N-dealkylation sites (tertiary alicyclic amines) is 1. The monoisotopic (exact) mass is 413 g/mol. The van der Waals surface area contributed by atoms with Gasteiger partial charge in [-0.3, -0.25) is 25.6 Å². The minimum atomic E-state index is -0.777. The summed E-state index contributed by atoms with van der Waals surface area (Å²) in [4.78, 5) is 51.8. The van der Waals surface area contributed by atoms with Crippen molar-refractivity contribution in [2.24, 2.45) is 5.92 Å². The highest BCUT2D eigenvalue weighted by Gasteiger charge is 2.37. The topological polar surface area (TPSA) is 132 Å². The van der Waals surface area contributed by atoms with Crippen molar-refractivity contribution in [3.63, 3.8) is 0 Å². The van der Waals surface area contributed by atoms with E-state index in [1.807, 2.05) is 0 Å². The van der Waals surface area contributed by atoms with Gasteiger partial charge in [0.1, 0.15) is 11.6 Å². The van der Waals surface area contributed by atoms with Crippen LogP contribution in [0, 0.1) is 5.92 Å². The second-order valence-electron chi connectivity index (χ2n) is 8.24. The van der Waals surface area contributed by atoms with Gasteiger partial charge in [-0.15, -0.1) is 0 Å². The van der Waals surface area contributed by atoms with Crippen LogP contribution >= 0.6 is 0 Å². The van der Waals surface area contributed by atoms with Crippen LogP contribution in [-0.2, 0) is 14.3 Å². The molecule has 0 aliphatic carbocycles. The summed E-state index contributed by atoms with van der Waals surface area (Å²) in [6.45, 7) is 8.03. The molecule has 2 unspecified atom stereocenters. The van der Waals surface area contributed by atoms with Crippen LogP contribution in [-0.4, -0.2) is 81.8 Å². The molecule has 5 amide bonds. The molecule has 0 spiro atoms. The molecule has 0 aromatic heterocycles. The molecule has 3 N–H and O–H groups in total. The Morgan fingerprint density at radius 2 is 1.79 bits per heavy atom.